The van der Waals surface area contributed by atoms with E-state index in [1.165, 1.54) is 5.56 Å². The number of nitriles is 1. The van der Waals surface area contributed by atoms with E-state index in [0.717, 1.165) is 28.2 Å². The van der Waals surface area contributed by atoms with Gasteiger partial charge in [-0.2, -0.15) is 5.26 Å². The van der Waals surface area contributed by atoms with Crippen LogP contribution in [0.2, 0.25) is 0 Å². The lowest BCUT2D eigenvalue weighted by atomic mass is 10.0. The van der Waals surface area contributed by atoms with Gasteiger partial charge in [-0.05, 0) is 67.3 Å². The lowest BCUT2D eigenvalue weighted by Crippen LogP contribution is -2.24. The van der Waals surface area contributed by atoms with Crippen LogP contribution in [0.1, 0.15) is 47.8 Å². The number of hydrogen-bond donors (Lipinski definition) is 1. The SMILES string of the molecule is COc1ccc(CNC(=O)/C(C#N)=C/c2cc(C)n(-c3ccc(C(C)C)cc3)c2C)c(OC)c1. The predicted molar refractivity (Wildman–Crippen MR) is 134 cm³/mol. The van der Waals surface area contributed by atoms with Crippen molar-refractivity contribution in [3.05, 3.63) is 82.2 Å². The first kappa shape index (κ1) is 24.7. The molecule has 0 spiro atoms. The van der Waals surface area contributed by atoms with Crippen LogP contribution in [0.4, 0.5) is 0 Å². The van der Waals surface area contributed by atoms with Crippen molar-refractivity contribution in [2.75, 3.05) is 14.2 Å². The number of methoxy groups -OCH3 is 2. The third kappa shape index (κ3) is 5.32. The zero-order chi connectivity index (χ0) is 24.8. The molecule has 0 atom stereocenters. The van der Waals surface area contributed by atoms with Crippen LogP contribution in [-0.4, -0.2) is 24.7 Å². The van der Waals surface area contributed by atoms with E-state index < -0.39 is 5.91 Å². The molecule has 3 aromatic rings. The van der Waals surface area contributed by atoms with Crippen molar-refractivity contribution in [1.29, 1.82) is 5.26 Å². The summed E-state index contributed by atoms with van der Waals surface area (Å²) in [5.41, 5.74) is 5.99. The maximum absolute atomic E-state index is 12.8. The Morgan fingerprint density at radius 1 is 1.09 bits per heavy atom. The molecule has 0 unspecified atom stereocenters. The summed E-state index contributed by atoms with van der Waals surface area (Å²) in [5.74, 6) is 1.30. The molecule has 176 valence electrons. The first-order valence-electron chi connectivity index (χ1n) is 11.2. The van der Waals surface area contributed by atoms with Gasteiger partial charge in [0.2, 0.25) is 0 Å². The van der Waals surface area contributed by atoms with Crippen molar-refractivity contribution < 1.29 is 14.3 Å². The smallest absolute Gasteiger partial charge is 0.262 e. The first-order valence-corrected chi connectivity index (χ1v) is 11.2. The number of hydrogen-bond acceptors (Lipinski definition) is 4. The standard InChI is InChI=1S/C28H31N3O3/c1-18(2)21-7-10-25(11-8-21)31-19(3)13-23(20(31)4)14-24(16-29)28(32)30-17-22-9-12-26(33-5)15-27(22)34-6/h7-15,18H,17H2,1-6H3,(H,30,32)/b24-14+. The first-order chi connectivity index (χ1) is 16.3. The van der Waals surface area contributed by atoms with Crippen LogP contribution in [-0.2, 0) is 11.3 Å². The highest BCUT2D eigenvalue weighted by atomic mass is 16.5. The second-order valence-electron chi connectivity index (χ2n) is 8.44. The molecular formula is C28H31N3O3. The quantitative estimate of drug-likeness (QED) is 0.360. The van der Waals surface area contributed by atoms with Gasteiger partial charge in [0.05, 0.1) is 14.2 Å². The number of nitrogens with zero attached hydrogens (tertiary/aromatic N) is 2. The molecule has 0 saturated heterocycles. The van der Waals surface area contributed by atoms with Crippen LogP contribution in [0.5, 0.6) is 11.5 Å². The fourth-order valence-corrected chi connectivity index (χ4v) is 3.91. The Morgan fingerprint density at radius 3 is 2.38 bits per heavy atom. The monoisotopic (exact) mass is 457 g/mol. The van der Waals surface area contributed by atoms with Crippen LogP contribution in [0.15, 0.2) is 54.1 Å². The summed E-state index contributed by atoms with van der Waals surface area (Å²) in [4.78, 5) is 12.8. The molecule has 3 rings (SSSR count). The van der Waals surface area contributed by atoms with Gasteiger partial charge in [-0.1, -0.05) is 26.0 Å². The number of amides is 1. The summed E-state index contributed by atoms with van der Waals surface area (Å²) in [6.07, 6.45) is 1.64. The highest BCUT2D eigenvalue weighted by Crippen LogP contribution is 2.26. The molecule has 6 heteroatoms. The highest BCUT2D eigenvalue weighted by molar-refractivity contribution is 6.01. The van der Waals surface area contributed by atoms with E-state index in [9.17, 15) is 10.1 Å². The molecule has 2 aromatic carbocycles. The van der Waals surface area contributed by atoms with Gasteiger partial charge in [-0.3, -0.25) is 4.79 Å². The van der Waals surface area contributed by atoms with Crippen molar-refractivity contribution in [3.63, 3.8) is 0 Å². The minimum absolute atomic E-state index is 0.0443. The van der Waals surface area contributed by atoms with Crippen molar-refractivity contribution in [3.8, 4) is 23.3 Å². The van der Waals surface area contributed by atoms with Gasteiger partial charge in [0.25, 0.3) is 5.91 Å². The van der Waals surface area contributed by atoms with Gasteiger partial charge < -0.3 is 19.4 Å². The number of rotatable bonds is 8. The van der Waals surface area contributed by atoms with Gasteiger partial charge in [0, 0.05) is 35.2 Å². The largest absolute Gasteiger partial charge is 0.497 e. The highest BCUT2D eigenvalue weighted by Gasteiger charge is 2.15. The predicted octanol–water partition coefficient (Wildman–Crippen LogP) is 5.46. The maximum Gasteiger partial charge on any atom is 0.262 e. The van der Waals surface area contributed by atoms with Crippen molar-refractivity contribution >= 4 is 12.0 Å². The Morgan fingerprint density at radius 2 is 1.79 bits per heavy atom. The molecule has 0 radical (unpaired) electrons. The van der Waals surface area contributed by atoms with Crippen LogP contribution in [0.3, 0.4) is 0 Å². The van der Waals surface area contributed by atoms with Crippen molar-refractivity contribution in [1.82, 2.24) is 9.88 Å². The summed E-state index contributed by atoms with van der Waals surface area (Å²) >= 11 is 0. The second kappa shape index (κ2) is 10.8. The Labute approximate surface area is 201 Å². The molecule has 0 aliphatic heterocycles. The molecule has 1 aromatic heterocycles. The van der Waals surface area contributed by atoms with E-state index in [2.05, 4.69) is 48.0 Å². The lowest BCUT2D eigenvalue weighted by molar-refractivity contribution is -0.117. The Hall–Kier alpha value is -3.98. The van der Waals surface area contributed by atoms with E-state index in [4.69, 9.17) is 9.47 Å². The van der Waals surface area contributed by atoms with Gasteiger partial charge in [0.1, 0.15) is 23.1 Å². The Bertz CT molecular complexity index is 1250. The average Bonchev–Trinajstić information content (AvgIpc) is 3.13. The van der Waals surface area contributed by atoms with E-state index in [1.807, 2.05) is 32.0 Å². The zero-order valence-corrected chi connectivity index (χ0v) is 20.6. The number of aromatic nitrogens is 1. The fraction of sp³-hybridized carbons (Fsp3) is 0.286. The van der Waals surface area contributed by atoms with Crippen LogP contribution >= 0.6 is 0 Å². The fourth-order valence-electron chi connectivity index (χ4n) is 3.91. The number of ether oxygens (including phenoxy) is 2. The third-order valence-corrected chi connectivity index (χ3v) is 5.89. The molecule has 0 aliphatic rings. The number of benzene rings is 2. The molecular weight excluding hydrogens is 426 g/mol. The summed E-state index contributed by atoms with van der Waals surface area (Å²) in [6, 6.07) is 17.9. The molecule has 34 heavy (non-hydrogen) atoms. The molecule has 0 fully saturated rings. The summed E-state index contributed by atoms with van der Waals surface area (Å²) in [5, 5.41) is 12.5. The number of aryl methyl sites for hydroxylation is 1. The van der Waals surface area contributed by atoms with Gasteiger partial charge in [-0.15, -0.1) is 0 Å². The molecule has 1 amide bonds. The zero-order valence-electron chi connectivity index (χ0n) is 20.6. The number of carbonyl (C=O) groups is 1. The van der Waals surface area contributed by atoms with Gasteiger partial charge in [0.15, 0.2) is 0 Å². The van der Waals surface area contributed by atoms with Crippen molar-refractivity contribution in [2.24, 2.45) is 0 Å². The lowest BCUT2D eigenvalue weighted by Gasteiger charge is -2.12. The van der Waals surface area contributed by atoms with E-state index >= 15 is 0 Å². The normalized spacial score (nSPS) is 11.3. The molecule has 0 aliphatic carbocycles. The van der Waals surface area contributed by atoms with E-state index in [-0.39, 0.29) is 12.1 Å². The summed E-state index contributed by atoms with van der Waals surface area (Å²) < 4.78 is 12.7. The summed E-state index contributed by atoms with van der Waals surface area (Å²) in [6.45, 7) is 8.58. The van der Waals surface area contributed by atoms with Crippen LogP contribution in [0.25, 0.3) is 11.8 Å². The second-order valence-corrected chi connectivity index (χ2v) is 8.44. The van der Waals surface area contributed by atoms with Crippen molar-refractivity contribution in [2.45, 2.75) is 40.2 Å². The summed E-state index contributed by atoms with van der Waals surface area (Å²) in [7, 11) is 3.14. The molecule has 6 nitrogen and oxygen atoms in total. The van der Waals surface area contributed by atoms with Gasteiger partial charge in [-0.25, -0.2) is 0 Å². The minimum atomic E-state index is -0.438. The van der Waals surface area contributed by atoms with E-state index in [1.54, 1.807) is 32.4 Å². The molecule has 1 N–H and O–H groups in total. The Kier molecular flexibility index (Phi) is 7.80. The van der Waals surface area contributed by atoms with Crippen LogP contribution < -0.4 is 14.8 Å². The van der Waals surface area contributed by atoms with E-state index in [0.29, 0.717) is 17.4 Å². The molecule has 1 heterocycles. The average molecular weight is 458 g/mol. The number of carbonyl (C=O) groups excluding carboxylic acids is 1. The van der Waals surface area contributed by atoms with Crippen LogP contribution in [0, 0.1) is 25.2 Å². The minimum Gasteiger partial charge on any atom is -0.497 e. The molecule has 0 saturated carbocycles. The number of nitrogens with one attached hydrogen (secondary N) is 1. The third-order valence-electron chi connectivity index (χ3n) is 5.89. The molecule has 0 bridgehead atoms. The topological polar surface area (TPSA) is 76.3 Å². The van der Waals surface area contributed by atoms with Gasteiger partial charge >= 0.3 is 0 Å². The Balaban J connectivity index is 1.82. The maximum atomic E-state index is 12.8.